The van der Waals surface area contributed by atoms with Crippen molar-refractivity contribution in [1.29, 1.82) is 0 Å². The monoisotopic (exact) mass is 346 g/mol. The number of nitrogens with zero attached hydrogens (tertiary/aromatic N) is 2. The third kappa shape index (κ3) is 5.37. The molecule has 0 radical (unpaired) electrons. The molecular weight excluding hydrogens is 316 g/mol. The molecule has 0 aliphatic carbocycles. The predicted molar refractivity (Wildman–Crippen MR) is 101 cm³/mol. The van der Waals surface area contributed by atoms with Crippen molar-refractivity contribution in [1.82, 2.24) is 15.5 Å². The van der Waals surface area contributed by atoms with Crippen molar-refractivity contribution in [2.24, 2.45) is 4.99 Å². The zero-order chi connectivity index (χ0) is 18.4. The Balaban J connectivity index is 2.11. The van der Waals surface area contributed by atoms with E-state index < -0.39 is 0 Å². The molecule has 0 fully saturated rings. The van der Waals surface area contributed by atoms with Crippen molar-refractivity contribution in [3.8, 4) is 5.75 Å². The van der Waals surface area contributed by atoms with Gasteiger partial charge in [-0.2, -0.15) is 0 Å². The highest BCUT2D eigenvalue weighted by molar-refractivity contribution is 5.81. The Bertz CT molecular complexity index is 626. The van der Waals surface area contributed by atoms with E-state index >= 15 is 0 Å². The van der Waals surface area contributed by atoms with Gasteiger partial charge in [0.1, 0.15) is 11.4 Å². The topological polar surface area (TPSA) is 66.0 Å². The van der Waals surface area contributed by atoms with Crippen LogP contribution in [0.1, 0.15) is 45.2 Å². The van der Waals surface area contributed by atoms with Crippen LogP contribution in [0, 0.1) is 0 Å². The van der Waals surface area contributed by atoms with E-state index in [4.69, 9.17) is 4.74 Å². The summed E-state index contributed by atoms with van der Waals surface area (Å²) in [6.45, 7) is 7.45. The van der Waals surface area contributed by atoms with Crippen molar-refractivity contribution >= 4 is 11.9 Å². The number of benzene rings is 1. The minimum atomic E-state index is -0.246. The van der Waals surface area contributed by atoms with E-state index in [1.54, 1.807) is 19.0 Å². The summed E-state index contributed by atoms with van der Waals surface area (Å²) in [4.78, 5) is 17.9. The number of carbonyl (C=O) groups excluding carboxylic acids is 1. The lowest BCUT2D eigenvalue weighted by atomic mass is 9.90. The highest BCUT2D eigenvalue weighted by Crippen LogP contribution is 2.39. The summed E-state index contributed by atoms with van der Waals surface area (Å²) >= 11 is 0. The summed E-state index contributed by atoms with van der Waals surface area (Å²) in [5.74, 6) is 1.72. The molecule has 1 aliphatic heterocycles. The van der Waals surface area contributed by atoms with Crippen LogP contribution in [0.2, 0.25) is 0 Å². The van der Waals surface area contributed by atoms with Gasteiger partial charge in [0.25, 0.3) is 0 Å². The van der Waals surface area contributed by atoms with Crippen molar-refractivity contribution in [2.45, 2.75) is 45.3 Å². The summed E-state index contributed by atoms with van der Waals surface area (Å²) < 4.78 is 6.08. The van der Waals surface area contributed by atoms with Crippen molar-refractivity contribution < 1.29 is 9.53 Å². The maximum absolute atomic E-state index is 11.7. The van der Waals surface area contributed by atoms with Gasteiger partial charge in [-0.1, -0.05) is 18.2 Å². The molecule has 0 saturated carbocycles. The second-order valence-corrected chi connectivity index (χ2v) is 7.10. The summed E-state index contributed by atoms with van der Waals surface area (Å²) in [5.41, 5.74) is 0.890. The van der Waals surface area contributed by atoms with Gasteiger partial charge in [-0.05, 0) is 26.8 Å². The van der Waals surface area contributed by atoms with Crippen molar-refractivity contribution in [2.75, 3.05) is 27.2 Å². The van der Waals surface area contributed by atoms with Crippen molar-refractivity contribution in [3.63, 3.8) is 0 Å². The van der Waals surface area contributed by atoms with E-state index in [2.05, 4.69) is 35.5 Å². The summed E-state index contributed by atoms with van der Waals surface area (Å²) in [6.07, 6.45) is 1.24. The first-order chi connectivity index (χ1) is 11.8. The van der Waals surface area contributed by atoms with E-state index in [0.29, 0.717) is 13.0 Å². The standard InChI is InChI=1S/C19H30N4O2/c1-6-20-18(21-12-11-17(24)23(4)5)22-15-13-19(2,3)25-16-10-8-7-9-14(15)16/h7-10,15H,6,11-13H2,1-5H3,(H2,20,21,22). The number of fused-ring (bicyclic) bond motifs is 1. The Morgan fingerprint density at radius 1 is 1.36 bits per heavy atom. The largest absolute Gasteiger partial charge is 0.487 e. The minimum absolute atomic E-state index is 0.0807. The maximum atomic E-state index is 11.7. The van der Waals surface area contributed by atoms with E-state index in [-0.39, 0.29) is 17.6 Å². The van der Waals surface area contributed by atoms with E-state index in [1.165, 1.54) is 0 Å². The number of amides is 1. The van der Waals surface area contributed by atoms with Crippen LogP contribution >= 0.6 is 0 Å². The first kappa shape index (κ1) is 19.1. The van der Waals surface area contributed by atoms with E-state index in [1.807, 2.05) is 25.1 Å². The molecule has 2 rings (SSSR count). The second kappa shape index (κ2) is 8.23. The Morgan fingerprint density at radius 2 is 2.08 bits per heavy atom. The van der Waals surface area contributed by atoms with Gasteiger partial charge in [0, 0.05) is 39.0 Å². The van der Waals surface area contributed by atoms with Crippen LogP contribution in [0.4, 0.5) is 0 Å². The smallest absolute Gasteiger partial charge is 0.223 e. The number of hydrogen-bond acceptors (Lipinski definition) is 3. The average molecular weight is 346 g/mol. The molecule has 6 nitrogen and oxygen atoms in total. The van der Waals surface area contributed by atoms with Gasteiger partial charge in [-0.15, -0.1) is 0 Å². The highest BCUT2D eigenvalue weighted by atomic mass is 16.5. The number of para-hydroxylation sites is 1. The molecule has 0 bridgehead atoms. The zero-order valence-electron chi connectivity index (χ0n) is 15.9. The number of carbonyl (C=O) groups is 1. The Kier molecular flexibility index (Phi) is 6.28. The average Bonchev–Trinajstić information content (AvgIpc) is 2.53. The SMILES string of the molecule is CCNC(=NCCC(=O)N(C)C)NC1CC(C)(C)Oc2ccccc21. The number of rotatable bonds is 5. The highest BCUT2D eigenvalue weighted by Gasteiger charge is 2.33. The fraction of sp³-hybridized carbons (Fsp3) is 0.579. The molecule has 1 amide bonds. The Hall–Kier alpha value is -2.24. The maximum Gasteiger partial charge on any atom is 0.223 e. The minimum Gasteiger partial charge on any atom is -0.487 e. The van der Waals surface area contributed by atoms with E-state index in [9.17, 15) is 4.79 Å². The predicted octanol–water partition coefficient (Wildman–Crippen LogP) is 2.32. The molecule has 6 heteroatoms. The van der Waals surface area contributed by atoms with Crippen LogP contribution < -0.4 is 15.4 Å². The quantitative estimate of drug-likeness (QED) is 0.634. The van der Waals surface area contributed by atoms with Crippen LogP contribution in [0.25, 0.3) is 0 Å². The Labute approximate surface area is 150 Å². The molecule has 1 aliphatic rings. The van der Waals surface area contributed by atoms with Gasteiger partial charge in [0.15, 0.2) is 5.96 Å². The number of aliphatic imine (C=N–C) groups is 1. The number of guanidine groups is 1. The molecule has 1 atom stereocenters. The molecule has 0 spiro atoms. The molecule has 138 valence electrons. The Morgan fingerprint density at radius 3 is 2.76 bits per heavy atom. The van der Waals surface area contributed by atoms with Gasteiger partial charge in [0.2, 0.25) is 5.91 Å². The molecule has 1 heterocycles. The molecule has 1 aromatic rings. The number of nitrogens with one attached hydrogen (secondary N) is 2. The lowest BCUT2D eigenvalue weighted by molar-refractivity contribution is -0.128. The van der Waals surface area contributed by atoms with E-state index in [0.717, 1.165) is 30.2 Å². The normalized spacial score (nSPS) is 18.8. The third-order valence-electron chi connectivity index (χ3n) is 4.13. The van der Waals surface area contributed by atoms with Gasteiger partial charge < -0.3 is 20.3 Å². The molecule has 0 saturated heterocycles. The first-order valence-electron chi connectivity index (χ1n) is 8.85. The molecule has 1 aromatic carbocycles. The molecular formula is C19H30N4O2. The van der Waals surface area contributed by atoms with Crippen LogP contribution in [0.3, 0.4) is 0 Å². The van der Waals surface area contributed by atoms with Crippen LogP contribution in [-0.4, -0.2) is 49.6 Å². The van der Waals surface area contributed by atoms with Gasteiger partial charge in [-0.3, -0.25) is 9.79 Å². The number of hydrogen-bond donors (Lipinski definition) is 2. The van der Waals surface area contributed by atoms with Crippen LogP contribution in [0.15, 0.2) is 29.3 Å². The molecule has 25 heavy (non-hydrogen) atoms. The third-order valence-corrected chi connectivity index (χ3v) is 4.13. The fourth-order valence-electron chi connectivity index (χ4n) is 2.90. The summed E-state index contributed by atoms with van der Waals surface area (Å²) in [5, 5.41) is 6.77. The molecule has 1 unspecified atom stereocenters. The summed E-state index contributed by atoms with van der Waals surface area (Å²) in [7, 11) is 3.52. The van der Waals surface area contributed by atoms with Gasteiger partial charge in [-0.25, -0.2) is 0 Å². The summed E-state index contributed by atoms with van der Waals surface area (Å²) in [6, 6.07) is 8.21. The molecule has 2 N–H and O–H groups in total. The second-order valence-electron chi connectivity index (χ2n) is 7.10. The lowest BCUT2D eigenvalue weighted by Gasteiger charge is -2.38. The van der Waals surface area contributed by atoms with Gasteiger partial charge in [0.05, 0.1) is 12.6 Å². The number of ether oxygens (including phenoxy) is 1. The van der Waals surface area contributed by atoms with Crippen LogP contribution in [-0.2, 0) is 4.79 Å². The van der Waals surface area contributed by atoms with Crippen LogP contribution in [0.5, 0.6) is 5.75 Å². The van der Waals surface area contributed by atoms with Gasteiger partial charge >= 0.3 is 0 Å². The first-order valence-corrected chi connectivity index (χ1v) is 8.85. The van der Waals surface area contributed by atoms with Crippen molar-refractivity contribution in [3.05, 3.63) is 29.8 Å². The lowest BCUT2D eigenvalue weighted by Crippen LogP contribution is -2.45. The fourth-order valence-corrected chi connectivity index (χ4v) is 2.90. The molecule has 0 aromatic heterocycles. The zero-order valence-corrected chi connectivity index (χ0v) is 15.9.